The molecule has 1 N–H and O–H groups in total. The van der Waals surface area contributed by atoms with Crippen molar-refractivity contribution < 1.29 is 19.4 Å². The number of nitrogens with zero attached hydrogens (tertiary/aromatic N) is 2. The summed E-state index contributed by atoms with van der Waals surface area (Å²) < 4.78 is 5.83. The lowest BCUT2D eigenvalue weighted by Gasteiger charge is -2.47. The topological polar surface area (TPSA) is 70.1 Å². The maximum atomic E-state index is 14.1. The molecule has 0 radical (unpaired) electrons. The van der Waals surface area contributed by atoms with Gasteiger partial charge in [0.2, 0.25) is 0 Å². The summed E-state index contributed by atoms with van der Waals surface area (Å²) in [5, 5.41) is 14.2. The average Bonchev–Trinajstić information content (AvgIpc) is 2.90. The first-order valence-corrected chi connectivity index (χ1v) is 13.2. The molecule has 0 saturated carbocycles. The minimum Gasteiger partial charge on any atom is -0.438 e. The van der Waals surface area contributed by atoms with E-state index >= 15 is 0 Å². The van der Waals surface area contributed by atoms with Crippen LogP contribution >= 0.6 is 11.8 Å². The standard InChI is InChI=1S/C29H32N2O4S/c1-20(2)30-21(3)27(23-15-9-5-10-16-23)35-29(34)31(30)28(33)25(19-36-24-17-11-6-12-18-24)26(32)22-13-7-4-8-14-22/h4-18,20-21,25-27,32H,19H2,1-3H3/t21-,25-,26+,27-/m0/s1. The number of ether oxygens (including phenoxy) is 1. The van der Waals surface area contributed by atoms with E-state index in [9.17, 15) is 14.7 Å². The Morgan fingerprint density at radius 3 is 2.08 bits per heavy atom. The van der Waals surface area contributed by atoms with Crippen molar-refractivity contribution in [2.75, 3.05) is 5.75 Å². The molecule has 4 rings (SSSR count). The Labute approximate surface area is 216 Å². The van der Waals surface area contributed by atoms with Gasteiger partial charge in [0.15, 0.2) is 0 Å². The first-order chi connectivity index (χ1) is 17.4. The molecule has 4 atom stereocenters. The van der Waals surface area contributed by atoms with Crippen LogP contribution in [0.4, 0.5) is 4.79 Å². The number of aliphatic hydroxyl groups excluding tert-OH is 1. The van der Waals surface area contributed by atoms with Crippen LogP contribution in [0.2, 0.25) is 0 Å². The summed E-state index contributed by atoms with van der Waals surface area (Å²) in [5.74, 6) is -1.05. The molecule has 2 amide bonds. The van der Waals surface area contributed by atoms with Crippen LogP contribution in [-0.4, -0.2) is 45.0 Å². The van der Waals surface area contributed by atoms with Crippen molar-refractivity contribution in [3.63, 3.8) is 0 Å². The number of cyclic esters (lactones) is 1. The quantitative estimate of drug-likeness (QED) is 0.388. The van der Waals surface area contributed by atoms with Crippen molar-refractivity contribution >= 4 is 23.8 Å². The first kappa shape index (κ1) is 25.9. The van der Waals surface area contributed by atoms with Crippen molar-refractivity contribution in [3.05, 3.63) is 102 Å². The summed E-state index contributed by atoms with van der Waals surface area (Å²) in [7, 11) is 0. The highest BCUT2D eigenvalue weighted by molar-refractivity contribution is 7.99. The molecular weight excluding hydrogens is 472 g/mol. The third-order valence-electron chi connectivity index (χ3n) is 6.37. The molecule has 0 bridgehead atoms. The Hall–Kier alpha value is -3.13. The lowest BCUT2D eigenvalue weighted by molar-refractivity contribution is -0.181. The second-order valence-electron chi connectivity index (χ2n) is 9.17. The molecule has 7 heteroatoms. The minimum absolute atomic E-state index is 0.153. The van der Waals surface area contributed by atoms with Gasteiger partial charge in [-0.05, 0) is 44.0 Å². The predicted molar refractivity (Wildman–Crippen MR) is 141 cm³/mol. The van der Waals surface area contributed by atoms with Crippen LogP contribution in [0.3, 0.4) is 0 Å². The molecule has 0 aliphatic carbocycles. The number of carbonyl (C=O) groups excluding carboxylic acids is 2. The van der Waals surface area contributed by atoms with Crippen LogP contribution in [0, 0.1) is 5.92 Å². The fourth-order valence-corrected chi connectivity index (χ4v) is 5.65. The number of amides is 2. The van der Waals surface area contributed by atoms with Crippen LogP contribution in [-0.2, 0) is 9.53 Å². The predicted octanol–water partition coefficient (Wildman–Crippen LogP) is 5.86. The van der Waals surface area contributed by atoms with Gasteiger partial charge in [-0.15, -0.1) is 11.8 Å². The molecule has 36 heavy (non-hydrogen) atoms. The molecule has 3 aromatic rings. The summed E-state index contributed by atoms with van der Waals surface area (Å²) in [6.07, 6.45) is -2.32. The highest BCUT2D eigenvalue weighted by atomic mass is 32.2. The largest absolute Gasteiger partial charge is 0.438 e. The van der Waals surface area contributed by atoms with Crippen molar-refractivity contribution in [1.82, 2.24) is 10.0 Å². The van der Waals surface area contributed by atoms with Crippen LogP contribution in [0.15, 0.2) is 95.9 Å². The molecule has 6 nitrogen and oxygen atoms in total. The van der Waals surface area contributed by atoms with Gasteiger partial charge in [-0.2, -0.15) is 10.0 Å². The molecule has 1 saturated heterocycles. The van der Waals surface area contributed by atoms with E-state index in [2.05, 4.69) is 0 Å². The number of hydrogen-bond acceptors (Lipinski definition) is 6. The maximum Gasteiger partial charge on any atom is 0.432 e. The summed E-state index contributed by atoms with van der Waals surface area (Å²) in [5.41, 5.74) is 1.50. The molecule has 0 unspecified atom stereocenters. The fourth-order valence-electron chi connectivity index (χ4n) is 4.61. The van der Waals surface area contributed by atoms with Crippen molar-refractivity contribution in [2.45, 2.75) is 50.0 Å². The van der Waals surface area contributed by atoms with Gasteiger partial charge in [-0.3, -0.25) is 4.79 Å². The first-order valence-electron chi connectivity index (χ1n) is 12.2. The number of rotatable bonds is 8. The Bertz CT molecular complexity index is 1140. The Morgan fingerprint density at radius 2 is 1.50 bits per heavy atom. The molecule has 0 aromatic heterocycles. The summed E-state index contributed by atoms with van der Waals surface area (Å²) in [6.45, 7) is 5.84. The van der Waals surface area contributed by atoms with Crippen molar-refractivity contribution in [3.8, 4) is 0 Å². The molecule has 3 aromatic carbocycles. The second kappa shape index (κ2) is 11.7. The summed E-state index contributed by atoms with van der Waals surface area (Å²) in [6, 6.07) is 27.9. The van der Waals surface area contributed by atoms with Gasteiger partial charge in [0.05, 0.1) is 18.1 Å². The Morgan fingerprint density at radius 1 is 0.944 bits per heavy atom. The van der Waals surface area contributed by atoms with E-state index in [1.807, 2.05) is 99.6 Å². The van der Waals surface area contributed by atoms with Gasteiger partial charge < -0.3 is 9.84 Å². The van der Waals surface area contributed by atoms with E-state index in [0.717, 1.165) is 15.5 Å². The highest BCUT2D eigenvalue weighted by Crippen LogP contribution is 2.36. The van der Waals surface area contributed by atoms with Crippen LogP contribution in [0.5, 0.6) is 0 Å². The summed E-state index contributed by atoms with van der Waals surface area (Å²) in [4.78, 5) is 28.4. The SMILES string of the molecule is CC(C)N1[C@@H](C)[C@@H](c2ccccc2)OC(=O)N1C(=O)[C@@H](CSc1ccccc1)[C@H](O)c1ccccc1. The van der Waals surface area contributed by atoms with E-state index in [-0.39, 0.29) is 12.1 Å². The summed E-state index contributed by atoms with van der Waals surface area (Å²) >= 11 is 1.47. The Kier molecular flexibility index (Phi) is 8.46. The molecule has 1 heterocycles. The number of carbonyl (C=O) groups is 2. The van der Waals surface area contributed by atoms with E-state index < -0.39 is 30.1 Å². The monoisotopic (exact) mass is 504 g/mol. The fraction of sp³-hybridized carbons (Fsp3) is 0.310. The van der Waals surface area contributed by atoms with Gasteiger partial charge in [0.25, 0.3) is 5.91 Å². The number of thioether (sulfide) groups is 1. The van der Waals surface area contributed by atoms with Crippen molar-refractivity contribution in [1.29, 1.82) is 0 Å². The minimum atomic E-state index is -1.08. The molecule has 1 fully saturated rings. The van der Waals surface area contributed by atoms with Gasteiger partial charge in [-0.25, -0.2) is 4.79 Å². The van der Waals surface area contributed by atoms with Crippen LogP contribution < -0.4 is 0 Å². The zero-order valence-electron chi connectivity index (χ0n) is 20.7. The number of hydrazine groups is 1. The van der Waals surface area contributed by atoms with E-state index in [1.165, 1.54) is 11.8 Å². The van der Waals surface area contributed by atoms with E-state index in [1.54, 1.807) is 17.1 Å². The van der Waals surface area contributed by atoms with Gasteiger partial charge in [-0.1, -0.05) is 78.9 Å². The Balaban J connectivity index is 1.65. The van der Waals surface area contributed by atoms with Crippen LogP contribution in [0.25, 0.3) is 0 Å². The van der Waals surface area contributed by atoms with Crippen LogP contribution in [0.1, 0.15) is 44.1 Å². The number of benzene rings is 3. The highest BCUT2D eigenvalue weighted by Gasteiger charge is 2.47. The number of aliphatic hydroxyl groups is 1. The third kappa shape index (κ3) is 5.64. The maximum absolute atomic E-state index is 14.1. The number of imide groups is 1. The lowest BCUT2D eigenvalue weighted by atomic mass is 9.95. The second-order valence-corrected chi connectivity index (χ2v) is 10.3. The third-order valence-corrected chi connectivity index (χ3v) is 7.50. The molecule has 188 valence electrons. The molecule has 1 aliphatic rings. The smallest absolute Gasteiger partial charge is 0.432 e. The average molecular weight is 505 g/mol. The molecule has 0 spiro atoms. The lowest BCUT2D eigenvalue weighted by Crippen LogP contribution is -2.63. The molecule has 1 aliphatic heterocycles. The van der Waals surface area contributed by atoms with Gasteiger partial charge in [0, 0.05) is 16.7 Å². The van der Waals surface area contributed by atoms with E-state index in [0.29, 0.717) is 11.3 Å². The number of hydrogen-bond donors (Lipinski definition) is 1. The normalized spacial score (nSPS) is 20.1. The molecular formula is C29H32N2O4S. The zero-order chi connectivity index (χ0) is 25.7. The van der Waals surface area contributed by atoms with Crippen molar-refractivity contribution in [2.24, 2.45) is 5.92 Å². The van der Waals surface area contributed by atoms with Gasteiger partial charge in [0.1, 0.15) is 6.10 Å². The van der Waals surface area contributed by atoms with E-state index in [4.69, 9.17) is 4.74 Å². The zero-order valence-corrected chi connectivity index (χ0v) is 21.5. The van der Waals surface area contributed by atoms with Gasteiger partial charge >= 0.3 is 6.09 Å².